The van der Waals surface area contributed by atoms with Gasteiger partial charge in [-0.1, -0.05) is 0 Å². The van der Waals surface area contributed by atoms with Crippen molar-refractivity contribution in [3.63, 3.8) is 0 Å². The zero-order valence-electron chi connectivity index (χ0n) is 12.9. The van der Waals surface area contributed by atoms with E-state index in [0.717, 1.165) is 26.2 Å². The van der Waals surface area contributed by atoms with Gasteiger partial charge in [-0.25, -0.2) is 0 Å². The largest absolute Gasteiger partial charge is 0.481 e. The van der Waals surface area contributed by atoms with Gasteiger partial charge in [0.25, 0.3) is 0 Å². The third kappa shape index (κ3) is 3.30. The van der Waals surface area contributed by atoms with Gasteiger partial charge in [0.05, 0.1) is 19.8 Å². The number of ether oxygens (including phenoxy) is 3. The molecule has 1 unspecified atom stereocenters. The van der Waals surface area contributed by atoms with Crippen molar-refractivity contribution in [3.8, 4) is 11.8 Å². The molecule has 3 rings (SSSR count). The van der Waals surface area contributed by atoms with E-state index < -0.39 is 0 Å². The van der Waals surface area contributed by atoms with Crippen molar-refractivity contribution in [2.45, 2.75) is 37.8 Å². The Kier molecular flexibility index (Phi) is 4.31. The Bertz CT molecular complexity index is 464. The molecule has 1 spiro atoms. The van der Waals surface area contributed by atoms with Crippen LogP contribution in [0.2, 0.25) is 0 Å². The molecule has 5 nitrogen and oxygen atoms in total. The minimum Gasteiger partial charge on any atom is -0.481 e. The number of piperidine rings is 1. The predicted molar refractivity (Wildman–Crippen MR) is 79.8 cm³/mol. The quantitative estimate of drug-likeness (QED) is 0.851. The van der Waals surface area contributed by atoms with Gasteiger partial charge in [0.15, 0.2) is 0 Å². The van der Waals surface area contributed by atoms with E-state index in [1.165, 1.54) is 31.2 Å². The fraction of sp³-hybridized carbons (Fsp3) is 0.688. The molecule has 2 aliphatic rings. The summed E-state index contributed by atoms with van der Waals surface area (Å²) in [7, 11) is 3.27. The van der Waals surface area contributed by atoms with E-state index in [1.54, 1.807) is 14.2 Å². The number of rotatable bonds is 4. The molecule has 2 aliphatic heterocycles. The third-order valence-electron chi connectivity index (χ3n) is 4.47. The molecule has 2 fully saturated rings. The summed E-state index contributed by atoms with van der Waals surface area (Å²) in [4.78, 5) is 6.72. The fourth-order valence-corrected chi connectivity index (χ4v) is 3.49. The first-order chi connectivity index (χ1) is 10.2. The van der Waals surface area contributed by atoms with Crippen molar-refractivity contribution in [1.82, 2.24) is 9.88 Å². The zero-order chi connectivity index (χ0) is 14.7. The van der Waals surface area contributed by atoms with E-state index in [1.807, 2.05) is 12.1 Å². The molecule has 0 radical (unpaired) electrons. The van der Waals surface area contributed by atoms with E-state index in [4.69, 9.17) is 14.2 Å². The molecule has 3 heterocycles. The number of pyridine rings is 1. The van der Waals surface area contributed by atoms with Gasteiger partial charge in [0.2, 0.25) is 11.8 Å². The predicted octanol–water partition coefficient (Wildman–Crippen LogP) is 2.24. The van der Waals surface area contributed by atoms with Crippen LogP contribution in [0, 0.1) is 0 Å². The fourth-order valence-electron chi connectivity index (χ4n) is 3.49. The minimum atomic E-state index is 0.111. The van der Waals surface area contributed by atoms with Crippen molar-refractivity contribution in [2.24, 2.45) is 0 Å². The van der Waals surface area contributed by atoms with Gasteiger partial charge in [-0.05, 0) is 37.8 Å². The van der Waals surface area contributed by atoms with Crippen LogP contribution in [0.5, 0.6) is 11.8 Å². The van der Waals surface area contributed by atoms with Gasteiger partial charge in [-0.15, -0.1) is 0 Å². The molecule has 1 aromatic rings. The molecule has 1 aromatic heterocycles. The second-order valence-corrected chi connectivity index (χ2v) is 6.01. The van der Waals surface area contributed by atoms with Crippen molar-refractivity contribution in [1.29, 1.82) is 0 Å². The van der Waals surface area contributed by atoms with Crippen LogP contribution in [0.3, 0.4) is 0 Å². The molecule has 0 N–H and O–H groups in total. The smallest absolute Gasteiger partial charge is 0.216 e. The Morgan fingerprint density at radius 1 is 1.19 bits per heavy atom. The van der Waals surface area contributed by atoms with Crippen LogP contribution >= 0.6 is 0 Å². The summed E-state index contributed by atoms with van der Waals surface area (Å²) in [5.74, 6) is 1.21. The Balaban J connectivity index is 1.70. The number of hydrogen-bond acceptors (Lipinski definition) is 5. The Labute approximate surface area is 126 Å². The normalized spacial score (nSPS) is 26.2. The number of nitrogens with zero attached hydrogens (tertiary/aromatic N) is 2. The molecular formula is C16H24N2O3. The van der Waals surface area contributed by atoms with Gasteiger partial charge in [-0.3, -0.25) is 4.90 Å². The maximum atomic E-state index is 6.04. The summed E-state index contributed by atoms with van der Waals surface area (Å²) < 4.78 is 16.5. The summed E-state index contributed by atoms with van der Waals surface area (Å²) >= 11 is 0. The van der Waals surface area contributed by atoms with Gasteiger partial charge in [0, 0.05) is 31.8 Å². The van der Waals surface area contributed by atoms with Crippen LogP contribution in [0.4, 0.5) is 0 Å². The topological polar surface area (TPSA) is 43.8 Å². The Morgan fingerprint density at radius 2 is 1.90 bits per heavy atom. The first kappa shape index (κ1) is 14.6. The van der Waals surface area contributed by atoms with Crippen LogP contribution in [0.15, 0.2) is 12.1 Å². The summed E-state index contributed by atoms with van der Waals surface area (Å²) in [5, 5.41) is 0. The Hall–Kier alpha value is -1.33. The molecule has 0 aliphatic carbocycles. The Morgan fingerprint density at radius 3 is 2.52 bits per heavy atom. The van der Waals surface area contributed by atoms with E-state index in [9.17, 15) is 0 Å². The summed E-state index contributed by atoms with van der Waals surface area (Å²) in [6.07, 6.45) is 4.81. The molecule has 1 atom stereocenters. The minimum absolute atomic E-state index is 0.111. The molecular weight excluding hydrogens is 268 g/mol. The first-order valence-electron chi connectivity index (χ1n) is 7.68. The molecule has 21 heavy (non-hydrogen) atoms. The van der Waals surface area contributed by atoms with E-state index >= 15 is 0 Å². The van der Waals surface area contributed by atoms with E-state index in [2.05, 4.69) is 9.88 Å². The van der Waals surface area contributed by atoms with Crippen LogP contribution in [-0.2, 0) is 11.3 Å². The van der Waals surface area contributed by atoms with E-state index in [0.29, 0.717) is 11.8 Å². The summed E-state index contributed by atoms with van der Waals surface area (Å²) in [5.41, 5.74) is 1.29. The van der Waals surface area contributed by atoms with Gasteiger partial charge < -0.3 is 14.2 Å². The van der Waals surface area contributed by atoms with Crippen molar-refractivity contribution >= 4 is 0 Å². The lowest BCUT2D eigenvalue weighted by Crippen LogP contribution is -2.47. The monoisotopic (exact) mass is 292 g/mol. The maximum absolute atomic E-state index is 6.04. The number of hydrogen-bond donors (Lipinski definition) is 0. The number of methoxy groups -OCH3 is 2. The van der Waals surface area contributed by atoms with Gasteiger partial charge in [-0.2, -0.15) is 4.98 Å². The molecule has 0 saturated carbocycles. The van der Waals surface area contributed by atoms with Crippen molar-refractivity contribution in [3.05, 3.63) is 17.7 Å². The highest BCUT2D eigenvalue weighted by molar-refractivity contribution is 5.28. The van der Waals surface area contributed by atoms with Crippen molar-refractivity contribution < 1.29 is 14.2 Å². The highest BCUT2D eigenvalue weighted by Crippen LogP contribution is 2.35. The average molecular weight is 292 g/mol. The first-order valence-corrected chi connectivity index (χ1v) is 7.68. The van der Waals surface area contributed by atoms with Crippen LogP contribution in [0.25, 0.3) is 0 Å². The molecule has 2 saturated heterocycles. The lowest BCUT2D eigenvalue weighted by molar-refractivity contribution is -0.0532. The maximum Gasteiger partial charge on any atom is 0.216 e. The number of aromatic nitrogens is 1. The zero-order valence-corrected chi connectivity index (χ0v) is 12.9. The lowest BCUT2D eigenvalue weighted by atomic mass is 9.90. The highest BCUT2D eigenvalue weighted by atomic mass is 16.5. The average Bonchev–Trinajstić information content (AvgIpc) is 2.94. The SMILES string of the molecule is COc1cc(CN2CCCC3(CCCO3)C2)cc(OC)n1. The molecule has 116 valence electrons. The summed E-state index contributed by atoms with van der Waals surface area (Å²) in [6.45, 7) is 3.96. The second kappa shape index (κ2) is 6.20. The van der Waals surface area contributed by atoms with Crippen LogP contribution in [0.1, 0.15) is 31.2 Å². The van der Waals surface area contributed by atoms with Crippen molar-refractivity contribution in [2.75, 3.05) is 33.9 Å². The van der Waals surface area contributed by atoms with Gasteiger partial charge in [0.1, 0.15) is 0 Å². The second-order valence-electron chi connectivity index (χ2n) is 6.01. The van der Waals surface area contributed by atoms with E-state index in [-0.39, 0.29) is 5.60 Å². The summed E-state index contributed by atoms with van der Waals surface area (Å²) in [6, 6.07) is 3.97. The van der Waals surface area contributed by atoms with Gasteiger partial charge >= 0.3 is 0 Å². The highest BCUT2D eigenvalue weighted by Gasteiger charge is 2.39. The molecule has 0 bridgehead atoms. The standard InChI is InChI=1S/C16H24N2O3/c1-19-14-9-13(10-15(17-14)20-2)11-18-7-3-5-16(12-18)6-4-8-21-16/h9-10H,3-8,11-12H2,1-2H3. The number of likely N-dealkylation sites (tertiary alicyclic amines) is 1. The van der Waals surface area contributed by atoms with Crippen LogP contribution in [-0.4, -0.2) is 49.4 Å². The lowest BCUT2D eigenvalue weighted by Gasteiger charge is -2.39. The third-order valence-corrected chi connectivity index (χ3v) is 4.47. The van der Waals surface area contributed by atoms with Crippen LogP contribution < -0.4 is 9.47 Å². The molecule has 0 aromatic carbocycles. The molecule has 0 amide bonds. The molecule has 5 heteroatoms.